The Morgan fingerprint density at radius 1 is 1.69 bits per heavy atom. The molecule has 72 valence electrons. The monoisotopic (exact) mass is 183 g/mol. The van der Waals surface area contributed by atoms with E-state index >= 15 is 0 Å². The third-order valence-corrected chi connectivity index (χ3v) is 1.56. The number of hydrogen-bond donors (Lipinski definition) is 0. The molecule has 2 atom stereocenters. The van der Waals surface area contributed by atoms with Crippen molar-refractivity contribution in [1.29, 1.82) is 0 Å². The van der Waals surface area contributed by atoms with Crippen LogP contribution < -0.4 is 0 Å². The van der Waals surface area contributed by atoms with Crippen molar-refractivity contribution in [2.75, 3.05) is 6.61 Å². The predicted octanol–water partition coefficient (Wildman–Crippen LogP) is 2.00. The van der Waals surface area contributed by atoms with Crippen LogP contribution in [-0.4, -0.2) is 25.0 Å². The molecule has 0 saturated heterocycles. The van der Waals surface area contributed by atoms with E-state index in [0.29, 0.717) is 6.61 Å². The minimum atomic E-state index is -0.444. The van der Waals surface area contributed by atoms with E-state index in [0.717, 1.165) is 0 Å². The molecular weight excluding hydrogens is 170 g/mol. The van der Waals surface area contributed by atoms with Crippen molar-refractivity contribution >= 4 is 0 Å². The van der Waals surface area contributed by atoms with Gasteiger partial charge < -0.3 is 9.47 Å². The summed E-state index contributed by atoms with van der Waals surface area (Å²) in [7, 11) is 0. The highest BCUT2D eigenvalue weighted by atomic mass is 16.7. The van der Waals surface area contributed by atoms with Crippen LogP contribution in [-0.2, 0) is 9.47 Å². The number of ether oxygens (including phenoxy) is 2. The Labute approximate surface area is 77.0 Å². The molecule has 1 aliphatic rings. The lowest BCUT2D eigenvalue weighted by Gasteiger charge is -2.26. The fraction of sp³-hybridized carbons (Fsp3) is 0.750. The molecule has 0 spiro atoms. The van der Waals surface area contributed by atoms with E-state index in [2.05, 4.69) is 10.0 Å². The standard InChI is InChI=1S/C8H13N3O2/c1-6(2)13-8-7(10-11-9)4-3-5-12-8/h3-4,6-8H,5H2,1-2H3/t7-,8-/m1/s1. The highest BCUT2D eigenvalue weighted by Gasteiger charge is 2.22. The van der Waals surface area contributed by atoms with E-state index in [1.54, 1.807) is 6.08 Å². The van der Waals surface area contributed by atoms with Crippen LogP contribution in [0.1, 0.15) is 13.8 Å². The maximum atomic E-state index is 8.28. The van der Waals surface area contributed by atoms with Gasteiger partial charge in [0.1, 0.15) is 6.04 Å². The highest BCUT2D eigenvalue weighted by molar-refractivity contribution is 4.99. The average Bonchev–Trinajstić information content (AvgIpc) is 2.08. The Kier molecular flexibility index (Phi) is 3.76. The predicted molar refractivity (Wildman–Crippen MR) is 48.0 cm³/mol. The Balaban J connectivity index is 2.59. The fourth-order valence-electron chi connectivity index (χ4n) is 1.08. The van der Waals surface area contributed by atoms with E-state index in [1.807, 2.05) is 19.9 Å². The molecule has 5 nitrogen and oxygen atoms in total. The zero-order chi connectivity index (χ0) is 9.68. The number of hydrogen-bond acceptors (Lipinski definition) is 3. The summed E-state index contributed by atoms with van der Waals surface area (Å²) in [6, 6.07) is -0.346. The second-order valence-electron chi connectivity index (χ2n) is 3.01. The third kappa shape index (κ3) is 3.06. The van der Waals surface area contributed by atoms with Crippen LogP contribution in [0.15, 0.2) is 17.3 Å². The van der Waals surface area contributed by atoms with E-state index in [4.69, 9.17) is 15.0 Å². The molecule has 5 heteroatoms. The Morgan fingerprint density at radius 3 is 3.08 bits per heavy atom. The summed E-state index contributed by atoms with van der Waals surface area (Å²) in [5.74, 6) is 0. The Hall–Kier alpha value is -1.03. The molecular formula is C8H13N3O2. The van der Waals surface area contributed by atoms with Gasteiger partial charge in [0.05, 0.1) is 12.7 Å². The molecule has 0 saturated carbocycles. The second-order valence-corrected chi connectivity index (χ2v) is 3.01. The molecule has 13 heavy (non-hydrogen) atoms. The van der Waals surface area contributed by atoms with Gasteiger partial charge in [-0.3, -0.25) is 0 Å². The lowest BCUT2D eigenvalue weighted by Crippen LogP contribution is -2.33. The van der Waals surface area contributed by atoms with Crippen molar-refractivity contribution in [1.82, 2.24) is 0 Å². The van der Waals surface area contributed by atoms with Crippen LogP contribution in [0, 0.1) is 0 Å². The van der Waals surface area contributed by atoms with Crippen LogP contribution in [0.5, 0.6) is 0 Å². The smallest absolute Gasteiger partial charge is 0.170 e. The summed E-state index contributed by atoms with van der Waals surface area (Å²) >= 11 is 0. The summed E-state index contributed by atoms with van der Waals surface area (Å²) in [5.41, 5.74) is 8.28. The van der Waals surface area contributed by atoms with Crippen molar-refractivity contribution in [3.63, 3.8) is 0 Å². The number of rotatable bonds is 3. The van der Waals surface area contributed by atoms with Crippen LogP contribution in [0.25, 0.3) is 10.4 Å². The van der Waals surface area contributed by atoms with E-state index in [-0.39, 0.29) is 12.1 Å². The molecule has 0 aliphatic carbocycles. The Bertz CT molecular complexity index is 234. The summed E-state index contributed by atoms with van der Waals surface area (Å²) in [5, 5.41) is 3.56. The first-order valence-corrected chi connectivity index (χ1v) is 4.22. The van der Waals surface area contributed by atoms with Crippen molar-refractivity contribution < 1.29 is 9.47 Å². The van der Waals surface area contributed by atoms with Crippen molar-refractivity contribution in [2.24, 2.45) is 5.11 Å². The fourth-order valence-corrected chi connectivity index (χ4v) is 1.08. The van der Waals surface area contributed by atoms with E-state index in [9.17, 15) is 0 Å². The summed E-state index contributed by atoms with van der Waals surface area (Å²) in [6.45, 7) is 4.33. The quantitative estimate of drug-likeness (QED) is 0.290. The number of nitrogens with zero attached hydrogens (tertiary/aromatic N) is 3. The molecule has 1 rings (SSSR count). The van der Waals surface area contributed by atoms with Gasteiger partial charge in [-0.2, -0.15) is 0 Å². The van der Waals surface area contributed by atoms with Crippen molar-refractivity contribution in [3.05, 3.63) is 22.6 Å². The summed E-state index contributed by atoms with van der Waals surface area (Å²) in [6.07, 6.45) is 3.24. The minimum absolute atomic E-state index is 0.0629. The van der Waals surface area contributed by atoms with Gasteiger partial charge in [0, 0.05) is 4.91 Å². The minimum Gasteiger partial charge on any atom is -0.349 e. The first kappa shape index (κ1) is 10.1. The molecule has 0 fully saturated rings. The maximum absolute atomic E-state index is 8.28. The van der Waals surface area contributed by atoms with E-state index in [1.165, 1.54) is 0 Å². The first-order valence-electron chi connectivity index (χ1n) is 4.22. The zero-order valence-corrected chi connectivity index (χ0v) is 7.75. The normalized spacial score (nSPS) is 27.3. The molecule has 0 amide bonds. The van der Waals surface area contributed by atoms with Crippen LogP contribution in [0.3, 0.4) is 0 Å². The topological polar surface area (TPSA) is 67.2 Å². The maximum Gasteiger partial charge on any atom is 0.170 e. The Morgan fingerprint density at radius 2 is 2.46 bits per heavy atom. The van der Waals surface area contributed by atoms with Gasteiger partial charge in [-0.1, -0.05) is 17.3 Å². The van der Waals surface area contributed by atoms with Gasteiger partial charge in [-0.15, -0.1) is 0 Å². The molecule has 0 aromatic carbocycles. The van der Waals surface area contributed by atoms with Crippen molar-refractivity contribution in [2.45, 2.75) is 32.3 Å². The molecule has 1 aliphatic heterocycles. The largest absolute Gasteiger partial charge is 0.349 e. The lowest BCUT2D eigenvalue weighted by atomic mass is 10.2. The summed E-state index contributed by atoms with van der Waals surface area (Å²) < 4.78 is 10.7. The highest BCUT2D eigenvalue weighted by Crippen LogP contribution is 2.14. The van der Waals surface area contributed by atoms with Crippen LogP contribution in [0.4, 0.5) is 0 Å². The summed E-state index contributed by atoms with van der Waals surface area (Å²) in [4.78, 5) is 2.73. The second kappa shape index (κ2) is 4.87. The first-order chi connectivity index (χ1) is 6.24. The van der Waals surface area contributed by atoms with E-state index < -0.39 is 6.29 Å². The molecule has 0 N–H and O–H groups in total. The number of azide groups is 1. The molecule has 0 radical (unpaired) electrons. The average molecular weight is 183 g/mol. The zero-order valence-electron chi connectivity index (χ0n) is 7.75. The van der Waals surface area contributed by atoms with Gasteiger partial charge in [0.15, 0.2) is 6.29 Å². The molecule has 0 aromatic rings. The SMILES string of the molecule is CC(C)O[C@H]1OCC=C[C@H]1N=[N+]=[N-]. The van der Waals surface area contributed by atoms with Crippen LogP contribution >= 0.6 is 0 Å². The van der Waals surface area contributed by atoms with Gasteiger partial charge >= 0.3 is 0 Å². The molecule has 0 bridgehead atoms. The molecule has 0 unspecified atom stereocenters. The van der Waals surface area contributed by atoms with Gasteiger partial charge in [0.2, 0.25) is 0 Å². The lowest BCUT2D eigenvalue weighted by molar-refractivity contribution is -0.165. The van der Waals surface area contributed by atoms with Gasteiger partial charge in [-0.05, 0) is 19.4 Å². The van der Waals surface area contributed by atoms with Gasteiger partial charge in [-0.25, -0.2) is 0 Å². The molecule has 0 aromatic heterocycles. The van der Waals surface area contributed by atoms with Gasteiger partial charge in [0.25, 0.3) is 0 Å². The molecule has 1 heterocycles. The van der Waals surface area contributed by atoms with Crippen LogP contribution in [0.2, 0.25) is 0 Å². The van der Waals surface area contributed by atoms with Crippen molar-refractivity contribution in [3.8, 4) is 0 Å². The third-order valence-electron chi connectivity index (χ3n) is 1.56.